The van der Waals surface area contributed by atoms with Gasteiger partial charge in [0, 0.05) is 19.5 Å². The van der Waals surface area contributed by atoms with Gasteiger partial charge in [0.05, 0.1) is 19.8 Å². The zero-order valence-corrected chi connectivity index (χ0v) is 10.8. The Balaban J connectivity index is 1.70. The number of ether oxygens (including phenoxy) is 1. The Labute approximate surface area is 108 Å². The number of piperidine rings is 1. The molecule has 0 aromatic carbocycles. The number of carbonyl (C=O) groups is 2. The topological polar surface area (TPSA) is 49.9 Å². The standard InChI is InChI=1S/C13H22N2O3/c16-8-3-12-1-4-14(5-2-12)11-13(17)15-6-9-18-10-7-15/h8,12H,1-7,9-11H2. The molecule has 0 N–H and O–H groups in total. The molecule has 2 fully saturated rings. The highest BCUT2D eigenvalue weighted by molar-refractivity contribution is 5.78. The molecular formula is C13H22N2O3. The molecule has 2 heterocycles. The van der Waals surface area contributed by atoms with E-state index in [2.05, 4.69) is 4.90 Å². The van der Waals surface area contributed by atoms with Crippen molar-refractivity contribution in [3.63, 3.8) is 0 Å². The zero-order valence-electron chi connectivity index (χ0n) is 10.8. The van der Waals surface area contributed by atoms with E-state index in [4.69, 9.17) is 4.74 Å². The minimum atomic E-state index is 0.215. The van der Waals surface area contributed by atoms with E-state index >= 15 is 0 Å². The smallest absolute Gasteiger partial charge is 0.236 e. The molecule has 2 aliphatic heterocycles. The molecule has 2 saturated heterocycles. The lowest BCUT2D eigenvalue weighted by atomic mass is 9.94. The van der Waals surface area contributed by atoms with Crippen molar-refractivity contribution in [3.05, 3.63) is 0 Å². The average molecular weight is 254 g/mol. The number of rotatable bonds is 4. The first-order valence-corrected chi connectivity index (χ1v) is 6.81. The van der Waals surface area contributed by atoms with Crippen molar-refractivity contribution in [3.8, 4) is 0 Å². The maximum atomic E-state index is 12.0. The Morgan fingerprint density at radius 2 is 1.83 bits per heavy atom. The van der Waals surface area contributed by atoms with Crippen LogP contribution < -0.4 is 0 Å². The minimum Gasteiger partial charge on any atom is -0.378 e. The van der Waals surface area contributed by atoms with E-state index in [9.17, 15) is 9.59 Å². The second kappa shape index (κ2) is 6.85. The predicted octanol–water partition coefficient (Wildman–Crippen LogP) is 0.146. The maximum Gasteiger partial charge on any atom is 0.236 e. The summed E-state index contributed by atoms with van der Waals surface area (Å²) in [4.78, 5) is 26.6. The maximum absolute atomic E-state index is 12.0. The van der Waals surface area contributed by atoms with E-state index in [1.807, 2.05) is 4.90 Å². The first kappa shape index (κ1) is 13.5. The first-order chi connectivity index (χ1) is 8.79. The van der Waals surface area contributed by atoms with Crippen LogP contribution in [-0.2, 0) is 14.3 Å². The number of morpholine rings is 1. The highest BCUT2D eigenvalue weighted by Gasteiger charge is 2.23. The summed E-state index contributed by atoms with van der Waals surface area (Å²) in [6, 6.07) is 0. The van der Waals surface area contributed by atoms with E-state index in [1.54, 1.807) is 0 Å². The molecule has 5 heteroatoms. The quantitative estimate of drug-likeness (QED) is 0.670. The van der Waals surface area contributed by atoms with Crippen LogP contribution in [-0.4, -0.2) is 67.9 Å². The second-order valence-electron chi connectivity index (χ2n) is 5.12. The molecule has 102 valence electrons. The number of amides is 1. The number of likely N-dealkylation sites (tertiary alicyclic amines) is 1. The fourth-order valence-corrected chi connectivity index (χ4v) is 2.62. The molecule has 0 atom stereocenters. The largest absolute Gasteiger partial charge is 0.378 e. The summed E-state index contributed by atoms with van der Waals surface area (Å²) in [7, 11) is 0. The summed E-state index contributed by atoms with van der Waals surface area (Å²) < 4.78 is 5.24. The Bertz CT molecular complexity index is 282. The summed E-state index contributed by atoms with van der Waals surface area (Å²) in [5.41, 5.74) is 0. The van der Waals surface area contributed by atoms with Gasteiger partial charge in [0.25, 0.3) is 0 Å². The van der Waals surface area contributed by atoms with Crippen LogP contribution in [0.15, 0.2) is 0 Å². The highest BCUT2D eigenvalue weighted by atomic mass is 16.5. The summed E-state index contributed by atoms with van der Waals surface area (Å²) in [5.74, 6) is 0.740. The van der Waals surface area contributed by atoms with Crippen molar-refractivity contribution in [1.82, 2.24) is 9.80 Å². The fraction of sp³-hybridized carbons (Fsp3) is 0.846. The van der Waals surface area contributed by atoms with Crippen LogP contribution in [0.5, 0.6) is 0 Å². The second-order valence-corrected chi connectivity index (χ2v) is 5.12. The van der Waals surface area contributed by atoms with Gasteiger partial charge < -0.3 is 14.4 Å². The average Bonchev–Trinajstić information content (AvgIpc) is 2.42. The fourth-order valence-electron chi connectivity index (χ4n) is 2.62. The van der Waals surface area contributed by atoms with Crippen molar-refractivity contribution in [2.75, 3.05) is 45.9 Å². The van der Waals surface area contributed by atoms with Gasteiger partial charge in [0.1, 0.15) is 6.29 Å². The third-order valence-electron chi connectivity index (χ3n) is 3.86. The SMILES string of the molecule is O=CCC1CCN(CC(=O)N2CCOCC2)CC1. The molecule has 0 aromatic rings. The van der Waals surface area contributed by atoms with Crippen LogP contribution in [0.25, 0.3) is 0 Å². The molecule has 0 radical (unpaired) electrons. The molecule has 18 heavy (non-hydrogen) atoms. The van der Waals surface area contributed by atoms with Crippen molar-refractivity contribution >= 4 is 12.2 Å². The van der Waals surface area contributed by atoms with Crippen LogP contribution in [0.3, 0.4) is 0 Å². The van der Waals surface area contributed by atoms with Gasteiger partial charge in [0.15, 0.2) is 0 Å². The molecule has 1 amide bonds. The first-order valence-electron chi connectivity index (χ1n) is 6.81. The molecule has 0 bridgehead atoms. The predicted molar refractivity (Wildman–Crippen MR) is 67.2 cm³/mol. The lowest BCUT2D eigenvalue weighted by Crippen LogP contribution is -2.47. The lowest BCUT2D eigenvalue weighted by molar-refractivity contribution is -0.136. The Morgan fingerprint density at radius 1 is 1.17 bits per heavy atom. The van der Waals surface area contributed by atoms with Crippen LogP contribution in [0.1, 0.15) is 19.3 Å². The van der Waals surface area contributed by atoms with Crippen LogP contribution in [0.2, 0.25) is 0 Å². The molecule has 5 nitrogen and oxygen atoms in total. The highest BCUT2D eigenvalue weighted by Crippen LogP contribution is 2.19. The van der Waals surface area contributed by atoms with Gasteiger partial charge in [-0.3, -0.25) is 9.69 Å². The molecule has 0 saturated carbocycles. The van der Waals surface area contributed by atoms with Crippen LogP contribution in [0.4, 0.5) is 0 Å². The summed E-state index contributed by atoms with van der Waals surface area (Å²) >= 11 is 0. The third-order valence-corrected chi connectivity index (χ3v) is 3.86. The molecule has 2 rings (SSSR count). The Kier molecular flexibility index (Phi) is 5.13. The Morgan fingerprint density at radius 3 is 2.44 bits per heavy atom. The number of hydrogen-bond donors (Lipinski definition) is 0. The molecule has 2 aliphatic rings. The van der Waals surface area contributed by atoms with Gasteiger partial charge in [-0.1, -0.05) is 0 Å². The van der Waals surface area contributed by atoms with E-state index in [-0.39, 0.29) is 5.91 Å². The van der Waals surface area contributed by atoms with E-state index < -0.39 is 0 Å². The van der Waals surface area contributed by atoms with Gasteiger partial charge in [0.2, 0.25) is 5.91 Å². The van der Waals surface area contributed by atoms with Crippen molar-refractivity contribution in [1.29, 1.82) is 0 Å². The monoisotopic (exact) mass is 254 g/mol. The number of carbonyl (C=O) groups excluding carboxylic acids is 2. The molecule has 0 aromatic heterocycles. The number of aldehydes is 1. The number of nitrogens with zero attached hydrogens (tertiary/aromatic N) is 2. The van der Waals surface area contributed by atoms with Crippen LogP contribution in [0, 0.1) is 5.92 Å². The van der Waals surface area contributed by atoms with E-state index in [1.165, 1.54) is 0 Å². The summed E-state index contributed by atoms with van der Waals surface area (Å²) in [6.07, 6.45) is 3.76. The zero-order chi connectivity index (χ0) is 12.8. The molecule has 0 unspecified atom stereocenters. The normalized spacial score (nSPS) is 23.0. The van der Waals surface area contributed by atoms with Crippen LogP contribution >= 0.6 is 0 Å². The molecular weight excluding hydrogens is 232 g/mol. The van der Waals surface area contributed by atoms with Gasteiger partial charge >= 0.3 is 0 Å². The van der Waals surface area contributed by atoms with Gasteiger partial charge in [-0.25, -0.2) is 0 Å². The van der Waals surface area contributed by atoms with Gasteiger partial charge in [-0.2, -0.15) is 0 Å². The molecule has 0 aliphatic carbocycles. The minimum absolute atomic E-state index is 0.215. The van der Waals surface area contributed by atoms with E-state index in [0.717, 1.165) is 45.3 Å². The summed E-state index contributed by atoms with van der Waals surface area (Å²) in [6.45, 7) is 5.16. The van der Waals surface area contributed by atoms with E-state index in [0.29, 0.717) is 32.1 Å². The van der Waals surface area contributed by atoms with Crippen molar-refractivity contribution in [2.24, 2.45) is 5.92 Å². The third kappa shape index (κ3) is 3.78. The van der Waals surface area contributed by atoms with Crippen molar-refractivity contribution in [2.45, 2.75) is 19.3 Å². The van der Waals surface area contributed by atoms with Gasteiger partial charge in [-0.05, 0) is 31.8 Å². The van der Waals surface area contributed by atoms with Gasteiger partial charge in [-0.15, -0.1) is 0 Å². The number of hydrogen-bond acceptors (Lipinski definition) is 4. The van der Waals surface area contributed by atoms with Crippen molar-refractivity contribution < 1.29 is 14.3 Å². The Hall–Kier alpha value is -0.940. The lowest BCUT2D eigenvalue weighted by Gasteiger charge is -2.33. The molecule has 0 spiro atoms. The summed E-state index contributed by atoms with van der Waals surface area (Å²) in [5, 5.41) is 0.